The third kappa shape index (κ3) is 5.23. The van der Waals surface area contributed by atoms with Crippen LogP contribution in [0.4, 0.5) is 18.9 Å². The number of benzene rings is 2. The number of unbranched alkanes of at least 4 members (excludes halogenated alkanes) is 1. The van der Waals surface area contributed by atoms with E-state index in [1.807, 2.05) is 37.3 Å². The molecule has 0 aliphatic heterocycles. The molecule has 0 amide bonds. The van der Waals surface area contributed by atoms with Gasteiger partial charge in [-0.1, -0.05) is 37.6 Å². The molecule has 0 aliphatic rings. The summed E-state index contributed by atoms with van der Waals surface area (Å²) >= 11 is 0. The van der Waals surface area contributed by atoms with E-state index in [1.54, 1.807) is 4.31 Å². The third-order valence-electron chi connectivity index (χ3n) is 4.20. The Labute approximate surface area is 169 Å². The zero-order valence-electron chi connectivity index (χ0n) is 15.7. The molecule has 1 aromatic heterocycles. The maximum Gasteiger partial charge on any atom is 0.314 e. The van der Waals surface area contributed by atoms with E-state index < -0.39 is 29.1 Å². The van der Waals surface area contributed by atoms with Gasteiger partial charge >= 0.3 is 6.43 Å². The van der Waals surface area contributed by atoms with Crippen LogP contribution in [-0.2, 0) is 17.5 Å². The Bertz CT molecular complexity index is 967. The van der Waals surface area contributed by atoms with Gasteiger partial charge < -0.3 is 4.42 Å². The number of alkyl halides is 2. The number of aromatic nitrogens is 2. The lowest BCUT2D eigenvalue weighted by Crippen LogP contribution is -2.27. The molecule has 9 heteroatoms. The molecule has 3 aromatic rings. The molecule has 2 aromatic carbocycles. The molecule has 0 saturated heterocycles. The van der Waals surface area contributed by atoms with E-state index in [-0.39, 0.29) is 18.0 Å². The van der Waals surface area contributed by atoms with Gasteiger partial charge in [-0.05, 0) is 30.7 Å². The molecule has 5 nitrogen and oxygen atoms in total. The fourth-order valence-electron chi connectivity index (χ4n) is 2.66. The number of para-hydroxylation sites is 1. The van der Waals surface area contributed by atoms with Crippen molar-refractivity contribution in [1.29, 1.82) is 0 Å². The molecule has 0 saturated carbocycles. The summed E-state index contributed by atoms with van der Waals surface area (Å²) in [4.78, 5) is 0. The van der Waals surface area contributed by atoms with E-state index in [0.29, 0.717) is 11.3 Å². The van der Waals surface area contributed by atoms with Crippen molar-refractivity contribution >= 4 is 16.7 Å². The van der Waals surface area contributed by atoms with Crippen molar-refractivity contribution in [2.75, 3.05) is 10.1 Å². The van der Waals surface area contributed by atoms with Crippen LogP contribution >= 0.6 is 0 Å². The summed E-state index contributed by atoms with van der Waals surface area (Å²) in [6.07, 6.45) is -1.19. The molecule has 3 rings (SSSR count). The van der Waals surface area contributed by atoms with Gasteiger partial charge in [0.15, 0.2) is 0 Å². The maximum absolute atomic E-state index is 14.7. The molecule has 1 atom stereocenters. The Morgan fingerprint density at radius 3 is 2.52 bits per heavy atom. The zero-order chi connectivity index (χ0) is 20.8. The number of anilines is 1. The minimum Gasteiger partial charge on any atom is -0.415 e. The summed E-state index contributed by atoms with van der Waals surface area (Å²) in [6.45, 7) is 2.11. The summed E-state index contributed by atoms with van der Waals surface area (Å²) in [5.41, 5.74) is 1.24. The quantitative estimate of drug-likeness (QED) is 0.470. The highest BCUT2D eigenvalue weighted by Gasteiger charge is 2.20. The standard InChI is InChI=1S/C20H20F3N3O2S/c1-2-3-11-29(27)26(16-7-5-4-6-8-16)13-15-10-9-14(12-17(15)21)19-24-25-20(28-19)18(22)23/h4-10,12,18H,2-3,11,13H2,1H3. The van der Waals surface area contributed by atoms with Crippen molar-refractivity contribution in [1.82, 2.24) is 10.2 Å². The van der Waals surface area contributed by atoms with Crippen LogP contribution in [0.3, 0.4) is 0 Å². The van der Waals surface area contributed by atoms with Gasteiger partial charge in [0.25, 0.3) is 5.89 Å². The predicted molar refractivity (Wildman–Crippen MR) is 105 cm³/mol. The summed E-state index contributed by atoms with van der Waals surface area (Å²) in [6, 6.07) is 13.3. The normalized spacial score (nSPS) is 12.3. The van der Waals surface area contributed by atoms with Gasteiger partial charge in [-0.2, -0.15) is 8.78 Å². The first-order chi connectivity index (χ1) is 14.0. The van der Waals surface area contributed by atoms with Crippen LogP contribution in [0.5, 0.6) is 0 Å². The molecule has 29 heavy (non-hydrogen) atoms. The van der Waals surface area contributed by atoms with Crippen LogP contribution in [0.2, 0.25) is 0 Å². The summed E-state index contributed by atoms with van der Waals surface area (Å²) in [5, 5.41) is 6.77. The van der Waals surface area contributed by atoms with Gasteiger partial charge in [0, 0.05) is 22.6 Å². The Morgan fingerprint density at radius 1 is 1.14 bits per heavy atom. The van der Waals surface area contributed by atoms with E-state index in [4.69, 9.17) is 4.42 Å². The Hall–Kier alpha value is -2.68. The first-order valence-electron chi connectivity index (χ1n) is 9.11. The first-order valence-corrected chi connectivity index (χ1v) is 10.4. The van der Waals surface area contributed by atoms with Crippen molar-refractivity contribution in [3.8, 4) is 11.5 Å². The minimum absolute atomic E-state index is 0.0958. The molecule has 0 fully saturated rings. The third-order valence-corrected chi connectivity index (χ3v) is 5.67. The lowest BCUT2D eigenvalue weighted by atomic mass is 10.1. The molecular weight excluding hydrogens is 403 g/mol. The molecule has 0 radical (unpaired) electrons. The van der Waals surface area contributed by atoms with Crippen LogP contribution in [0, 0.1) is 5.82 Å². The van der Waals surface area contributed by atoms with E-state index in [2.05, 4.69) is 10.2 Å². The number of rotatable bonds is 9. The highest BCUT2D eigenvalue weighted by atomic mass is 32.2. The maximum atomic E-state index is 14.7. The topological polar surface area (TPSA) is 59.2 Å². The zero-order valence-corrected chi connectivity index (χ0v) is 16.5. The SMILES string of the molecule is CCCCS(=O)N(Cc1ccc(-c2nnc(C(F)F)o2)cc1F)c1ccccc1. The van der Waals surface area contributed by atoms with Crippen molar-refractivity contribution in [3.63, 3.8) is 0 Å². The molecule has 0 spiro atoms. The Morgan fingerprint density at radius 2 is 1.90 bits per heavy atom. The van der Waals surface area contributed by atoms with Crippen LogP contribution in [0.15, 0.2) is 52.9 Å². The van der Waals surface area contributed by atoms with E-state index in [1.165, 1.54) is 12.1 Å². The lowest BCUT2D eigenvalue weighted by molar-refractivity contribution is 0.116. The monoisotopic (exact) mass is 423 g/mol. The van der Waals surface area contributed by atoms with Crippen molar-refractivity contribution < 1.29 is 21.8 Å². The van der Waals surface area contributed by atoms with Crippen LogP contribution in [0.25, 0.3) is 11.5 Å². The van der Waals surface area contributed by atoms with Crippen LogP contribution in [0.1, 0.15) is 37.6 Å². The number of hydrogen-bond donors (Lipinski definition) is 0. The summed E-state index contributed by atoms with van der Waals surface area (Å²) in [5.74, 6) is -1.10. The highest BCUT2D eigenvalue weighted by Crippen LogP contribution is 2.26. The second kappa shape index (κ2) is 9.69. The average Bonchev–Trinajstić information content (AvgIpc) is 3.22. The molecule has 1 unspecified atom stereocenters. The van der Waals surface area contributed by atoms with Gasteiger partial charge in [0.1, 0.15) is 16.8 Å². The number of hydrogen-bond acceptors (Lipinski definition) is 4. The molecule has 0 bridgehead atoms. The second-order valence-electron chi connectivity index (χ2n) is 6.30. The fraction of sp³-hybridized carbons (Fsp3) is 0.300. The first kappa shape index (κ1) is 21.0. The largest absolute Gasteiger partial charge is 0.415 e. The fourth-order valence-corrected chi connectivity index (χ4v) is 4.05. The van der Waals surface area contributed by atoms with Crippen LogP contribution in [-0.4, -0.2) is 20.2 Å². The second-order valence-corrected chi connectivity index (χ2v) is 7.80. The van der Waals surface area contributed by atoms with E-state index in [9.17, 15) is 17.4 Å². The molecule has 1 heterocycles. The lowest BCUT2D eigenvalue weighted by Gasteiger charge is -2.24. The number of halogens is 3. The van der Waals surface area contributed by atoms with Gasteiger partial charge in [-0.15, -0.1) is 10.2 Å². The predicted octanol–water partition coefficient (Wildman–Crippen LogP) is 5.28. The molecule has 0 aliphatic carbocycles. The van der Waals surface area contributed by atoms with Crippen LogP contribution < -0.4 is 4.31 Å². The number of nitrogens with zero attached hydrogens (tertiary/aromatic N) is 3. The summed E-state index contributed by atoms with van der Waals surface area (Å²) < 4.78 is 59.2. The molecular formula is C20H20F3N3O2S. The van der Waals surface area contributed by atoms with Crippen molar-refractivity contribution in [2.45, 2.75) is 32.7 Å². The van der Waals surface area contributed by atoms with E-state index >= 15 is 0 Å². The smallest absolute Gasteiger partial charge is 0.314 e. The Kier molecular flexibility index (Phi) is 7.03. The summed E-state index contributed by atoms with van der Waals surface area (Å²) in [7, 11) is -1.32. The average molecular weight is 423 g/mol. The van der Waals surface area contributed by atoms with Gasteiger partial charge in [-0.3, -0.25) is 4.31 Å². The van der Waals surface area contributed by atoms with Gasteiger partial charge in [-0.25, -0.2) is 8.60 Å². The molecule has 154 valence electrons. The van der Waals surface area contributed by atoms with Crippen molar-refractivity contribution in [2.24, 2.45) is 0 Å². The van der Waals surface area contributed by atoms with Crippen molar-refractivity contribution in [3.05, 3.63) is 65.8 Å². The van der Waals surface area contributed by atoms with Gasteiger partial charge in [0.05, 0.1) is 6.54 Å². The minimum atomic E-state index is -2.89. The van der Waals surface area contributed by atoms with E-state index in [0.717, 1.165) is 24.6 Å². The van der Waals surface area contributed by atoms with Gasteiger partial charge in [0.2, 0.25) is 5.89 Å². The Balaban J connectivity index is 1.84. The molecule has 0 N–H and O–H groups in total. The highest BCUT2D eigenvalue weighted by molar-refractivity contribution is 7.86.